The van der Waals surface area contributed by atoms with Crippen molar-refractivity contribution >= 4 is 11.8 Å². The minimum absolute atomic E-state index is 0.0399. The first-order valence-electron chi connectivity index (χ1n) is 6.94. The van der Waals surface area contributed by atoms with Crippen molar-refractivity contribution in [1.29, 1.82) is 0 Å². The lowest BCUT2D eigenvalue weighted by Gasteiger charge is -2.13. The van der Waals surface area contributed by atoms with E-state index in [0.717, 1.165) is 25.9 Å². The van der Waals surface area contributed by atoms with Gasteiger partial charge >= 0.3 is 0 Å². The molecule has 1 aromatic rings. The number of fused-ring (bicyclic) bond motifs is 1. The molecule has 1 aromatic carbocycles. The second-order valence-corrected chi connectivity index (χ2v) is 6.89. The largest absolute Gasteiger partial charge is 0.393 e. The van der Waals surface area contributed by atoms with E-state index in [1.165, 1.54) is 23.3 Å². The number of benzene rings is 1. The van der Waals surface area contributed by atoms with Gasteiger partial charge in [-0.3, -0.25) is 0 Å². The first kappa shape index (κ1) is 12.5. The highest BCUT2D eigenvalue weighted by Crippen LogP contribution is 2.36. The molecule has 98 valence electrons. The van der Waals surface area contributed by atoms with Crippen molar-refractivity contribution in [3.05, 3.63) is 29.8 Å². The number of rotatable bonds is 4. The second-order valence-electron chi connectivity index (χ2n) is 5.54. The highest BCUT2D eigenvalue weighted by atomic mass is 32.2. The molecule has 1 aliphatic heterocycles. The summed E-state index contributed by atoms with van der Waals surface area (Å²) in [6, 6.07) is 8.74. The number of nitrogens with one attached hydrogen (secondary N) is 1. The van der Waals surface area contributed by atoms with Gasteiger partial charge in [0.25, 0.3) is 0 Å². The molecule has 2 nitrogen and oxygen atoms in total. The molecule has 2 aliphatic rings. The van der Waals surface area contributed by atoms with Crippen molar-refractivity contribution in [2.24, 2.45) is 5.92 Å². The molecule has 3 heteroatoms. The fourth-order valence-corrected chi connectivity index (χ4v) is 4.33. The molecule has 18 heavy (non-hydrogen) atoms. The van der Waals surface area contributed by atoms with Crippen molar-refractivity contribution in [3.63, 3.8) is 0 Å². The van der Waals surface area contributed by atoms with E-state index in [4.69, 9.17) is 0 Å². The Kier molecular flexibility index (Phi) is 3.92. The average molecular weight is 263 g/mol. The molecule has 0 spiro atoms. The van der Waals surface area contributed by atoms with Crippen molar-refractivity contribution in [2.75, 3.05) is 13.1 Å². The van der Waals surface area contributed by atoms with Crippen molar-refractivity contribution < 1.29 is 5.11 Å². The second kappa shape index (κ2) is 5.64. The maximum atomic E-state index is 9.50. The third-order valence-corrected chi connectivity index (χ3v) is 5.35. The Morgan fingerprint density at radius 1 is 1.22 bits per heavy atom. The van der Waals surface area contributed by atoms with Gasteiger partial charge in [-0.25, -0.2) is 0 Å². The predicted octanol–water partition coefficient (Wildman–Crippen LogP) is 2.45. The average Bonchev–Trinajstić information content (AvgIpc) is 2.95. The van der Waals surface area contributed by atoms with Crippen LogP contribution < -0.4 is 5.32 Å². The number of aliphatic hydroxyl groups excluding tert-OH is 1. The minimum Gasteiger partial charge on any atom is -0.393 e. The minimum atomic E-state index is -0.0399. The zero-order valence-corrected chi connectivity index (χ0v) is 11.5. The molecular formula is C15H21NOS. The first-order valence-corrected chi connectivity index (χ1v) is 7.82. The lowest BCUT2D eigenvalue weighted by Crippen LogP contribution is -2.28. The maximum Gasteiger partial charge on any atom is 0.0543 e. The number of hydrogen-bond donors (Lipinski definition) is 2. The van der Waals surface area contributed by atoms with E-state index in [9.17, 15) is 5.11 Å². The summed E-state index contributed by atoms with van der Waals surface area (Å²) < 4.78 is 0. The molecule has 0 aromatic heterocycles. The molecule has 3 atom stereocenters. The highest BCUT2D eigenvalue weighted by molar-refractivity contribution is 8.00. The lowest BCUT2D eigenvalue weighted by molar-refractivity contribution is 0.177. The van der Waals surface area contributed by atoms with Gasteiger partial charge in [-0.1, -0.05) is 18.2 Å². The molecule has 0 amide bonds. The molecule has 0 radical (unpaired) electrons. The molecule has 1 saturated carbocycles. The summed E-state index contributed by atoms with van der Waals surface area (Å²) in [5.41, 5.74) is 1.51. The maximum absolute atomic E-state index is 9.50. The molecule has 1 heterocycles. The summed E-state index contributed by atoms with van der Waals surface area (Å²) in [6.45, 7) is 2.16. The van der Waals surface area contributed by atoms with E-state index in [-0.39, 0.29) is 6.10 Å². The Labute approximate surface area is 113 Å². The fourth-order valence-electron chi connectivity index (χ4n) is 3.05. The van der Waals surface area contributed by atoms with Gasteiger partial charge in [0.2, 0.25) is 0 Å². The van der Waals surface area contributed by atoms with Crippen LogP contribution in [0, 0.1) is 5.92 Å². The number of thioether (sulfide) groups is 1. The molecule has 0 bridgehead atoms. The van der Waals surface area contributed by atoms with Crippen LogP contribution in [0.3, 0.4) is 0 Å². The van der Waals surface area contributed by atoms with E-state index in [0.29, 0.717) is 11.2 Å². The van der Waals surface area contributed by atoms with Crippen LogP contribution in [0.15, 0.2) is 29.2 Å². The van der Waals surface area contributed by atoms with Gasteiger partial charge in [0.15, 0.2) is 0 Å². The number of hydrogen-bond acceptors (Lipinski definition) is 3. The van der Waals surface area contributed by atoms with Crippen LogP contribution in [-0.2, 0) is 6.42 Å². The third-order valence-electron chi connectivity index (χ3n) is 4.03. The quantitative estimate of drug-likeness (QED) is 0.875. The zero-order chi connectivity index (χ0) is 12.4. The number of aliphatic hydroxyl groups is 1. The first-order chi connectivity index (χ1) is 8.81. The standard InChI is InChI=1S/C15H21NOS/c17-13-6-5-11(7-13)9-16-10-14-8-12-3-1-2-4-15(12)18-14/h1-4,11,13-14,16-17H,5-10H2. The molecule has 2 N–H and O–H groups in total. The van der Waals surface area contributed by atoms with Gasteiger partial charge < -0.3 is 10.4 Å². The van der Waals surface area contributed by atoms with Crippen LogP contribution in [0.25, 0.3) is 0 Å². The molecule has 1 aliphatic carbocycles. The fraction of sp³-hybridized carbons (Fsp3) is 0.600. The topological polar surface area (TPSA) is 32.3 Å². The normalized spacial score (nSPS) is 30.6. The van der Waals surface area contributed by atoms with E-state index in [2.05, 4.69) is 29.6 Å². The van der Waals surface area contributed by atoms with Crippen molar-refractivity contribution in [3.8, 4) is 0 Å². The highest BCUT2D eigenvalue weighted by Gasteiger charge is 2.24. The summed E-state index contributed by atoms with van der Waals surface area (Å²) in [5.74, 6) is 0.689. The molecule has 3 rings (SSSR count). The summed E-state index contributed by atoms with van der Waals surface area (Å²) in [6.07, 6.45) is 4.33. The lowest BCUT2D eigenvalue weighted by atomic mass is 10.1. The van der Waals surface area contributed by atoms with Crippen molar-refractivity contribution in [2.45, 2.75) is 41.9 Å². The Hall–Kier alpha value is -0.510. The van der Waals surface area contributed by atoms with E-state index in [1.807, 2.05) is 11.8 Å². The van der Waals surface area contributed by atoms with Gasteiger partial charge in [-0.2, -0.15) is 0 Å². The van der Waals surface area contributed by atoms with Crippen LogP contribution in [0.4, 0.5) is 0 Å². The van der Waals surface area contributed by atoms with Crippen LogP contribution in [0.5, 0.6) is 0 Å². The molecule has 3 unspecified atom stereocenters. The zero-order valence-electron chi connectivity index (χ0n) is 10.6. The van der Waals surface area contributed by atoms with Crippen LogP contribution in [-0.4, -0.2) is 29.5 Å². The molecular weight excluding hydrogens is 242 g/mol. The van der Waals surface area contributed by atoms with Crippen molar-refractivity contribution in [1.82, 2.24) is 5.32 Å². The SMILES string of the molecule is OC1CCC(CNCC2Cc3ccccc3S2)C1. The van der Waals surface area contributed by atoms with Crippen LogP contribution >= 0.6 is 11.8 Å². The van der Waals surface area contributed by atoms with Gasteiger partial charge in [-0.05, 0) is 49.8 Å². The van der Waals surface area contributed by atoms with Crippen LogP contribution in [0.1, 0.15) is 24.8 Å². The summed E-state index contributed by atoms with van der Waals surface area (Å²) in [4.78, 5) is 1.46. The van der Waals surface area contributed by atoms with E-state index in [1.54, 1.807) is 0 Å². The molecule has 1 fully saturated rings. The van der Waals surface area contributed by atoms with Gasteiger partial charge in [-0.15, -0.1) is 11.8 Å². The summed E-state index contributed by atoms with van der Waals surface area (Å²) in [7, 11) is 0. The summed E-state index contributed by atoms with van der Waals surface area (Å²) >= 11 is 2.01. The van der Waals surface area contributed by atoms with Gasteiger partial charge in [0.05, 0.1) is 6.10 Å². The van der Waals surface area contributed by atoms with Gasteiger partial charge in [0, 0.05) is 16.7 Å². The Morgan fingerprint density at radius 2 is 2.11 bits per heavy atom. The van der Waals surface area contributed by atoms with E-state index >= 15 is 0 Å². The van der Waals surface area contributed by atoms with E-state index < -0.39 is 0 Å². The third kappa shape index (κ3) is 2.90. The van der Waals surface area contributed by atoms with Gasteiger partial charge in [0.1, 0.15) is 0 Å². The Morgan fingerprint density at radius 3 is 2.89 bits per heavy atom. The monoisotopic (exact) mass is 263 g/mol. The smallest absolute Gasteiger partial charge is 0.0543 e. The summed E-state index contributed by atoms with van der Waals surface area (Å²) in [5, 5.41) is 13.8. The van der Waals surface area contributed by atoms with Crippen LogP contribution in [0.2, 0.25) is 0 Å². The Balaban J connectivity index is 1.41. The molecule has 0 saturated heterocycles. The Bertz CT molecular complexity index is 384. The predicted molar refractivity (Wildman–Crippen MR) is 76.0 cm³/mol.